The van der Waals surface area contributed by atoms with Crippen LogP contribution < -0.4 is 10.5 Å². The van der Waals surface area contributed by atoms with Gasteiger partial charge in [-0.3, -0.25) is 4.90 Å². The molecule has 4 heteroatoms. The minimum atomic E-state index is 0.142. The second kappa shape index (κ2) is 7.25. The Hall–Kier alpha value is -1.10. The highest BCUT2D eigenvalue weighted by Crippen LogP contribution is 2.30. The average Bonchev–Trinajstić information content (AvgIpc) is 2.49. The zero-order chi connectivity index (χ0) is 15.4. The van der Waals surface area contributed by atoms with Crippen LogP contribution in [0.4, 0.5) is 0 Å². The highest BCUT2D eigenvalue weighted by molar-refractivity contribution is 5.31. The lowest BCUT2D eigenvalue weighted by atomic mass is 9.94. The van der Waals surface area contributed by atoms with E-state index in [4.69, 9.17) is 10.5 Å². The van der Waals surface area contributed by atoms with E-state index in [1.807, 2.05) is 6.07 Å². The molecule has 3 unspecified atom stereocenters. The summed E-state index contributed by atoms with van der Waals surface area (Å²) < 4.78 is 5.38. The normalized spacial score (nSPS) is 23.8. The Kier molecular flexibility index (Phi) is 5.62. The van der Waals surface area contributed by atoms with Gasteiger partial charge in [-0.1, -0.05) is 19.1 Å². The molecule has 0 spiro atoms. The Morgan fingerprint density at radius 1 is 1.38 bits per heavy atom. The van der Waals surface area contributed by atoms with Crippen LogP contribution >= 0.6 is 0 Å². The fourth-order valence-electron chi connectivity index (χ4n) is 3.30. The van der Waals surface area contributed by atoms with E-state index >= 15 is 0 Å². The Labute approximate surface area is 128 Å². The highest BCUT2D eigenvalue weighted by atomic mass is 16.5. The second-order valence-electron chi connectivity index (χ2n) is 6.14. The van der Waals surface area contributed by atoms with Crippen molar-refractivity contribution < 1.29 is 4.74 Å². The zero-order valence-corrected chi connectivity index (χ0v) is 13.7. The minimum absolute atomic E-state index is 0.142. The Morgan fingerprint density at radius 3 is 2.76 bits per heavy atom. The van der Waals surface area contributed by atoms with Gasteiger partial charge in [0.2, 0.25) is 0 Å². The smallest absolute Gasteiger partial charge is 0.119 e. The maximum absolute atomic E-state index is 6.47. The maximum atomic E-state index is 6.47. The molecule has 1 aromatic carbocycles. The van der Waals surface area contributed by atoms with Crippen LogP contribution in [-0.4, -0.2) is 55.7 Å². The van der Waals surface area contributed by atoms with Gasteiger partial charge >= 0.3 is 0 Å². The minimum Gasteiger partial charge on any atom is -0.497 e. The number of piperazine rings is 1. The lowest BCUT2D eigenvalue weighted by molar-refractivity contribution is 0.0491. The molecule has 0 saturated carbocycles. The van der Waals surface area contributed by atoms with Gasteiger partial charge in [-0.15, -0.1) is 0 Å². The molecule has 1 heterocycles. The number of nitrogens with zero attached hydrogens (tertiary/aromatic N) is 2. The van der Waals surface area contributed by atoms with E-state index in [2.05, 4.69) is 48.9 Å². The van der Waals surface area contributed by atoms with Crippen molar-refractivity contribution in [3.05, 3.63) is 29.8 Å². The third-order valence-electron chi connectivity index (χ3n) is 4.55. The molecule has 0 bridgehead atoms. The quantitative estimate of drug-likeness (QED) is 0.902. The summed E-state index contributed by atoms with van der Waals surface area (Å²) in [5.74, 6) is 0.905. The van der Waals surface area contributed by atoms with Gasteiger partial charge in [-0.05, 0) is 38.1 Å². The number of methoxy groups -OCH3 is 1. The third kappa shape index (κ3) is 3.76. The first-order chi connectivity index (χ1) is 10.1. The number of likely N-dealkylation sites (N-methyl/N-ethyl adjacent to an activating group) is 1. The molecule has 21 heavy (non-hydrogen) atoms. The van der Waals surface area contributed by atoms with Crippen LogP contribution in [0.2, 0.25) is 0 Å². The average molecular weight is 291 g/mol. The molecule has 0 amide bonds. The lowest BCUT2D eigenvalue weighted by Gasteiger charge is -2.45. The molecule has 0 radical (unpaired) electrons. The van der Waals surface area contributed by atoms with Crippen molar-refractivity contribution >= 4 is 0 Å². The van der Waals surface area contributed by atoms with E-state index < -0.39 is 0 Å². The molecule has 1 aromatic rings. The standard InChI is InChI=1S/C17H29N3O/c1-5-16(18)17(14-7-6-8-15(11-14)21-4)20-10-9-19(3)12-13(20)2/h6-8,11,13,16-17H,5,9-10,12,18H2,1-4H3. The Bertz CT molecular complexity index is 451. The maximum Gasteiger partial charge on any atom is 0.119 e. The fraction of sp³-hybridized carbons (Fsp3) is 0.647. The first-order valence-electron chi connectivity index (χ1n) is 7.90. The van der Waals surface area contributed by atoms with Gasteiger partial charge in [0.15, 0.2) is 0 Å². The van der Waals surface area contributed by atoms with Crippen molar-refractivity contribution in [3.8, 4) is 5.75 Å². The summed E-state index contributed by atoms with van der Waals surface area (Å²) in [6.45, 7) is 7.72. The molecule has 0 aromatic heterocycles. The van der Waals surface area contributed by atoms with Crippen molar-refractivity contribution in [3.63, 3.8) is 0 Å². The zero-order valence-electron chi connectivity index (χ0n) is 13.7. The number of rotatable bonds is 5. The predicted molar refractivity (Wildman–Crippen MR) is 87.7 cm³/mol. The molecular weight excluding hydrogens is 262 g/mol. The first kappa shape index (κ1) is 16.3. The highest BCUT2D eigenvalue weighted by Gasteiger charge is 2.32. The topological polar surface area (TPSA) is 41.7 Å². The summed E-state index contributed by atoms with van der Waals surface area (Å²) in [5, 5.41) is 0. The van der Waals surface area contributed by atoms with E-state index in [9.17, 15) is 0 Å². The van der Waals surface area contributed by atoms with E-state index in [1.54, 1.807) is 7.11 Å². The van der Waals surface area contributed by atoms with Crippen molar-refractivity contribution in [1.82, 2.24) is 9.80 Å². The van der Waals surface area contributed by atoms with Crippen molar-refractivity contribution in [2.45, 2.75) is 38.4 Å². The number of hydrogen-bond acceptors (Lipinski definition) is 4. The van der Waals surface area contributed by atoms with Crippen LogP contribution in [0, 0.1) is 0 Å². The van der Waals surface area contributed by atoms with E-state index in [-0.39, 0.29) is 12.1 Å². The molecule has 118 valence electrons. The van der Waals surface area contributed by atoms with Crippen LogP contribution in [0.25, 0.3) is 0 Å². The van der Waals surface area contributed by atoms with Crippen LogP contribution in [0.5, 0.6) is 5.75 Å². The number of benzene rings is 1. The molecule has 1 saturated heterocycles. The summed E-state index contributed by atoms with van der Waals surface area (Å²) in [6.07, 6.45) is 0.973. The first-order valence-corrected chi connectivity index (χ1v) is 7.90. The summed E-state index contributed by atoms with van der Waals surface area (Å²) in [7, 11) is 3.90. The van der Waals surface area contributed by atoms with Gasteiger partial charge in [0, 0.05) is 31.7 Å². The SMILES string of the molecule is CCC(N)C(c1cccc(OC)c1)N1CCN(C)CC1C. The molecule has 2 N–H and O–H groups in total. The monoisotopic (exact) mass is 291 g/mol. The van der Waals surface area contributed by atoms with Gasteiger partial charge in [0.25, 0.3) is 0 Å². The van der Waals surface area contributed by atoms with E-state index in [0.29, 0.717) is 6.04 Å². The van der Waals surface area contributed by atoms with Crippen molar-refractivity contribution in [2.75, 3.05) is 33.8 Å². The molecule has 3 atom stereocenters. The number of hydrogen-bond donors (Lipinski definition) is 1. The van der Waals surface area contributed by atoms with Gasteiger partial charge in [-0.25, -0.2) is 0 Å². The predicted octanol–water partition coefficient (Wildman–Crippen LogP) is 2.11. The van der Waals surface area contributed by atoms with Crippen LogP contribution in [0.1, 0.15) is 31.9 Å². The molecule has 1 aliphatic rings. The largest absolute Gasteiger partial charge is 0.497 e. The number of ether oxygens (including phenoxy) is 1. The molecule has 1 fully saturated rings. The lowest BCUT2D eigenvalue weighted by Crippen LogP contribution is -2.54. The number of nitrogens with two attached hydrogens (primary N) is 1. The summed E-state index contributed by atoms with van der Waals surface area (Å²) >= 11 is 0. The Balaban J connectivity index is 2.29. The van der Waals surface area contributed by atoms with Gasteiger partial charge in [-0.2, -0.15) is 0 Å². The van der Waals surface area contributed by atoms with E-state index in [0.717, 1.165) is 31.8 Å². The molecule has 1 aliphatic heterocycles. The van der Waals surface area contributed by atoms with Crippen LogP contribution in [0.15, 0.2) is 24.3 Å². The third-order valence-corrected chi connectivity index (χ3v) is 4.55. The molecule has 4 nitrogen and oxygen atoms in total. The van der Waals surface area contributed by atoms with E-state index in [1.165, 1.54) is 5.56 Å². The molecular formula is C17H29N3O. The van der Waals surface area contributed by atoms with Gasteiger partial charge in [0.05, 0.1) is 13.2 Å². The Morgan fingerprint density at radius 2 is 2.14 bits per heavy atom. The molecule has 0 aliphatic carbocycles. The fourth-order valence-corrected chi connectivity index (χ4v) is 3.30. The van der Waals surface area contributed by atoms with Crippen molar-refractivity contribution in [1.29, 1.82) is 0 Å². The summed E-state index contributed by atoms with van der Waals surface area (Å²) in [6, 6.07) is 9.27. The second-order valence-corrected chi connectivity index (χ2v) is 6.14. The molecule has 2 rings (SSSR count). The van der Waals surface area contributed by atoms with Gasteiger partial charge in [0.1, 0.15) is 5.75 Å². The van der Waals surface area contributed by atoms with Gasteiger partial charge < -0.3 is 15.4 Å². The van der Waals surface area contributed by atoms with Crippen molar-refractivity contribution in [2.24, 2.45) is 5.73 Å². The summed E-state index contributed by atoms with van der Waals surface area (Å²) in [5.41, 5.74) is 7.74. The van der Waals surface area contributed by atoms with Crippen LogP contribution in [0.3, 0.4) is 0 Å². The van der Waals surface area contributed by atoms with Crippen LogP contribution in [-0.2, 0) is 0 Å². The summed E-state index contributed by atoms with van der Waals surface area (Å²) in [4.78, 5) is 4.95.